The number of H-pyrrole nitrogens is 1. The number of nitrogens with zero attached hydrogens (tertiary/aromatic N) is 2. The lowest BCUT2D eigenvalue weighted by atomic mass is 10.0. The van der Waals surface area contributed by atoms with Crippen LogP contribution in [0.5, 0.6) is 11.5 Å². The fourth-order valence-electron chi connectivity index (χ4n) is 4.18. The number of hydrogen-bond acceptors (Lipinski definition) is 5. The van der Waals surface area contributed by atoms with Crippen LogP contribution in [-0.4, -0.2) is 48.1 Å². The third-order valence-electron chi connectivity index (χ3n) is 6.05. The minimum atomic E-state index is -0.169. The standard InChI is InChI=1S/C25H26N4O4/c1-4-19-20-9-16(25(30)27-17-11-26-29(12-17)18-13-33-14-18)5-7-21(20)28-24(19)15-6-8-22(31-2)23(10-15)32-3/h5-12,18,28H,4,13-14H2,1-3H3,(H,27,30). The number of aromatic nitrogens is 3. The van der Waals surface area contributed by atoms with E-state index in [0.29, 0.717) is 36.0 Å². The van der Waals surface area contributed by atoms with Gasteiger partial charge in [-0.1, -0.05) is 6.92 Å². The molecule has 1 amide bonds. The Morgan fingerprint density at radius 3 is 2.70 bits per heavy atom. The largest absolute Gasteiger partial charge is 0.493 e. The fraction of sp³-hybridized carbons (Fsp3) is 0.280. The molecule has 33 heavy (non-hydrogen) atoms. The zero-order chi connectivity index (χ0) is 22.9. The maximum absolute atomic E-state index is 12.9. The smallest absolute Gasteiger partial charge is 0.255 e. The Labute approximate surface area is 191 Å². The van der Waals surface area contributed by atoms with Gasteiger partial charge in [0, 0.05) is 33.9 Å². The fourth-order valence-corrected chi connectivity index (χ4v) is 4.18. The molecule has 0 bridgehead atoms. The number of fused-ring (bicyclic) bond motifs is 1. The number of hydrogen-bond donors (Lipinski definition) is 2. The van der Waals surface area contributed by atoms with E-state index < -0.39 is 0 Å². The van der Waals surface area contributed by atoms with Gasteiger partial charge in [0.15, 0.2) is 11.5 Å². The van der Waals surface area contributed by atoms with Crippen LogP contribution in [-0.2, 0) is 11.2 Å². The normalized spacial score (nSPS) is 13.7. The van der Waals surface area contributed by atoms with Crippen LogP contribution in [0.15, 0.2) is 48.8 Å². The maximum atomic E-state index is 12.9. The monoisotopic (exact) mass is 446 g/mol. The van der Waals surface area contributed by atoms with Crippen LogP contribution in [0.2, 0.25) is 0 Å². The minimum Gasteiger partial charge on any atom is -0.493 e. The van der Waals surface area contributed by atoms with Crippen LogP contribution in [0.3, 0.4) is 0 Å². The van der Waals surface area contributed by atoms with E-state index >= 15 is 0 Å². The number of anilines is 1. The number of methoxy groups -OCH3 is 2. The highest BCUT2D eigenvalue weighted by atomic mass is 16.5. The molecule has 1 aliphatic rings. The van der Waals surface area contributed by atoms with E-state index in [4.69, 9.17) is 14.2 Å². The highest BCUT2D eigenvalue weighted by Crippen LogP contribution is 2.36. The van der Waals surface area contributed by atoms with Crippen molar-refractivity contribution in [3.05, 3.63) is 59.9 Å². The van der Waals surface area contributed by atoms with Gasteiger partial charge in [0.1, 0.15) is 0 Å². The molecule has 2 aromatic heterocycles. The zero-order valence-electron chi connectivity index (χ0n) is 18.8. The van der Waals surface area contributed by atoms with E-state index in [-0.39, 0.29) is 11.9 Å². The topological polar surface area (TPSA) is 90.4 Å². The second-order valence-electron chi connectivity index (χ2n) is 8.02. The third-order valence-corrected chi connectivity index (χ3v) is 6.05. The molecule has 0 unspecified atom stereocenters. The van der Waals surface area contributed by atoms with Crippen molar-refractivity contribution in [3.8, 4) is 22.8 Å². The molecule has 0 radical (unpaired) electrons. The Balaban J connectivity index is 1.45. The van der Waals surface area contributed by atoms with Gasteiger partial charge >= 0.3 is 0 Å². The van der Waals surface area contributed by atoms with Crippen LogP contribution in [0.4, 0.5) is 5.69 Å². The molecule has 0 aliphatic carbocycles. The SMILES string of the molecule is CCc1c(-c2ccc(OC)c(OC)c2)[nH]c2ccc(C(=O)Nc3cnn(C4COC4)c3)cc12. The van der Waals surface area contributed by atoms with Crippen LogP contribution in [0.1, 0.15) is 28.9 Å². The lowest BCUT2D eigenvalue weighted by Gasteiger charge is -2.25. The first-order chi connectivity index (χ1) is 16.1. The van der Waals surface area contributed by atoms with Crippen LogP contribution in [0, 0.1) is 0 Å². The van der Waals surface area contributed by atoms with Gasteiger partial charge < -0.3 is 24.5 Å². The van der Waals surface area contributed by atoms with Gasteiger partial charge in [0.2, 0.25) is 0 Å². The molecule has 8 heteroatoms. The van der Waals surface area contributed by atoms with Crippen LogP contribution >= 0.6 is 0 Å². The second kappa shape index (κ2) is 8.63. The molecule has 4 aromatic rings. The van der Waals surface area contributed by atoms with Crippen molar-refractivity contribution in [2.24, 2.45) is 0 Å². The number of benzene rings is 2. The van der Waals surface area contributed by atoms with Gasteiger partial charge in [0.25, 0.3) is 5.91 Å². The summed E-state index contributed by atoms with van der Waals surface area (Å²) in [5.41, 5.74) is 5.39. The van der Waals surface area contributed by atoms with E-state index in [1.54, 1.807) is 20.4 Å². The highest BCUT2D eigenvalue weighted by molar-refractivity contribution is 6.07. The van der Waals surface area contributed by atoms with E-state index in [2.05, 4.69) is 22.3 Å². The molecule has 8 nitrogen and oxygen atoms in total. The molecule has 1 saturated heterocycles. The van der Waals surface area contributed by atoms with Crippen LogP contribution < -0.4 is 14.8 Å². The number of nitrogens with one attached hydrogen (secondary N) is 2. The molecular weight excluding hydrogens is 420 g/mol. The Hall–Kier alpha value is -3.78. The quantitative estimate of drug-likeness (QED) is 0.438. The summed E-state index contributed by atoms with van der Waals surface area (Å²) in [6.45, 7) is 3.42. The van der Waals surface area contributed by atoms with Crippen molar-refractivity contribution in [2.45, 2.75) is 19.4 Å². The molecule has 170 valence electrons. The summed E-state index contributed by atoms with van der Waals surface area (Å²) in [7, 11) is 3.25. The molecule has 0 atom stereocenters. The van der Waals surface area contributed by atoms with E-state index in [1.807, 2.05) is 47.3 Å². The first kappa shape index (κ1) is 21.1. The zero-order valence-corrected chi connectivity index (χ0v) is 18.8. The van der Waals surface area contributed by atoms with Crippen molar-refractivity contribution < 1.29 is 19.0 Å². The number of amides is 1. The number of carbonyl (C=O) groups is 1. The van der Waals surface area contributed by atoms with Gasteiger partial charge in [-0.05, 0) is 48.4 Å². The first-order valence-corrected chi connectivity index (χ1v) is 10.9. The van der Waals surface area contributed by atoms with Gasteiger partial charge in [0.05, 0.1) is 45.4 Å². The molecule has 2 N–H and O–H groups in total. The molecule has 1 aliphatic heterocycles. The molecule has 0 saturated carbocycles. The number of ether oxygens (including phenoxy) is 3. The Bertz CT molecular complexity index is 1320. The summed E-state index contributed by atoms with van der Waals surface area (Å²) in [4.78, 5) is 16.4. The van der Waals surface area contributed by atoms with Gasteiger partial charge in [-0.15, -0.1) is 0 Å². The number of aromatic amines is 1. The average Bonchev–Trinajstić information content (AvgIpc) is 3.40. The molecule has 1 fully saturated rings. The van der Waals surface area contributed by atoms with E-state index in [0.717, 1.165) is 34.1 Å². The minimum absolute atomic E-state index is 0.169. The number of carbonyl (C=O) groups excluding carboxylic acids is 1. The lowest BCUT2D eigenvalue weighted by Crippen LogP contribution is -2.30. The van der Waals surface area contributed by atoms with E-state index in [1.165, 1.54) is 0 Å². The summed E-state index contributed by atoms with van der Waals surface area (Å²) < 4.78 is 17.9. The van der Waals surface area contributed by atoms with Gasteiger partial charge in [-0.2, -0.15) is 5.10 Å². The molecular formula is C25H26N4O4. The first-order valence-electron chi connectivity index (χ1n) is 10.9. The summed E-state index contributed by atoms with van der Waals surface area (Å²) in [5, 5.41) is 8.29. The van der Waals surface area contributed by atoms with Crippen molar-refractivity contribution >= 4 is 22.5 Å². The Morgan fingerprint density at radius 2 is 2.00 bits per heavy atom. The molecule has 5 rings (SSSR count). The lowest BCUT2D eigenvalue weighted by molar-refractivity contribution is -0.0286. The molecule has 2 aromatic carbocycles. The summed E-state index contributed by atoms with van der Waals surface area (Å²) >= 11 is 0. The van der Waals surface area contributed by atoms with Crippen molar-refractivity contribution in [1.29, 1.82) is 0 Å². The van der Waals surface area contributed by atoms with Gasteiger partial charge in [-0.25, -0.2) is 0 Å². The van der Waals surface area contributed by atoms with E-state index in [9.17, 15) is 4.79 Å². The molecule has 3 heterocycles. The predicted molar refractivity (Wildman–Crippen MR) is 126 cm³/mol. The average molecular weight is 447 g/mol. The summed E-state index contributed by atoms with van der Waals surface area (Å²) in [6.07, 6.45) is 4.31. The maximum Gasteiger partial charge on any atom is 0.255 e. The number of rotatable bonds is 7. The predicted octanol–water partition coefficient (Wildman–Crippen LogP) is 4.43. The second-order valence-corrected chi connectivity index (χ2v) is 8.02. The van der Waals surface area contributed by atoms with Crippen molar-refractivity contribution in [2.75, 3.05) is 32.8 Å². The van der Waals surface area contributed by atoms with Gasteiger partial charge in [-0.3, -0.25) is 9.48 Å². The highest BCUT2D eigenvalue weighted by Gasteiger charge is 2.21. The number of aryl methyl sites for hydroxylation is 1. The van der Waals surface area contributed by atoms with Crippen molar-refractivity contribution in [1.82, 2.24) is 14.8 Å². The third kappa shape index (κ3) is 3.82. The van der Waals surface area contributed by atoms with Crippen molar-refractivity contribution in [3.63, 3.8) is 0 Å². The van der Waals surface area contributed by atoms with Crippen LogP contribution in [0.25, 0.3) is 22.2 Å². The summed E-state index contributed by atoms with van der Waals surface area (Å²) in [6, 6.07) is 11.8. The Kier molecular flexibility index (Phi) is 5.51. The molecule has 0 spiro atoms. The summed E-state index contributed by atoms with van der Waals surface area (Å²) in [5.74, 6) is 1.18. The Morgan fingerprint density at radius 1 is 1.18 bits per heavy atom.